The lowest BCUT2D eigenvalue weighted by Crippen LogP contribution is -2.44. The minimum absolute atomic E-state index is 0.0887. The maximum absolute atomic E-state index is 11.4. The van der Waals surface area contributed by atoms with Crippen LogP contribution in [-0.2, 0) is 9.53 Å². The molecule has 5 nitrogen and oxygen atoms in total. The van der Waals surface area contributed by atoms with Crippen LogP contribution in [0.3, 0.4) is 0 Å². The lowest BCUT2D eigenvalue weighted by molar-refractivity contribution is -0.142. The summed E-state index contributed by atoms with van der Waals surface area (Å²) in [5.41, 5.74) is 0. The van der Waals surface area contributed by atoms with Crippen molar-refractivity contribution in [3.05, 3.63) is 12.7 Å². The number of carboxylic acid groups (broad SMARTS) is 1. The Morgan fingerprint density at radius 2 is 2.13 bits per heavy atom. The zero-order valence-corrected chi connectivity index (χ0v) is 9.10. The molecule has 0 saturated carbocycles. The number of carbonyl (C=O) groups is 2. The molecule has 1 atom stereocenters. The van der Waals surface area contributed by atoms with Gasteiger partial charge in [-0.2, -0.15) is 0 Å². The average molecular weight is 215 g/mol. The number of carbonyl (C=O) groups excluding carboxylic acids is 1. The fourth-order valence-corrected chi connectivity index (χ4v) is 1.22. The summed E-state index contributed by atoms with van der Waals surface area (Å²) in [4.78, 5) is 23.5. The van der Waals surface area contributed by atoms with Gasteiger partial charge in [-0.25, -0.2) is 9.59 Å². The summed E-state index contributed by atoms with van der Waals surface area (Å²) in [5, 5.41) is 8.88. The number of ether oxygens (including phenoxy) is 1. The summed E-state index contributed by atoms with van der Waals surface area (Å²) in [6, 6.07) is -0.827. The molecule has 1 N–H and O–H groups in total. The van der Waals surface area contributed by atoms with Crippen molar-refractivity contribution in [3.63, 3.8) is 0 Å². The summed E-state index contributed by atoms with van der Waals surface area (Å²) in [6.45, 7) is 7.22. The molecule has 1 amide bonds. The molecule has 0 fully saturated rings. The van der Waals surface area contributed by atoms with Gasteiger partial charge in [0, 0.05) is 6.54 Å². The number of carboxylic acids is 1. The number of aliphatic carboxylic acids is 1. The Kier molecular flexibility index (Phi) is 6.17. The van der Waals surface area contributed by atoms with E-state index in [4.69, 9.17) is 9.84 Å². The van der Waals surface area contributed by atoms with Crippen molar-refractivity contribution in [2.24, 2.45) is 0 Å². The monoisotopic (exact) mass is 215 g/mol. The molecular weight excluding hydrogens is 198 g/mol. The van der Waals surface area contributed by atoms with Crippen molar-refractivity contribution in [1.82, 2.24) is 4.90 Å². The minimum Gasteiger partial charge on any atom is -0.480 e. The second kappa shape index (κ2) is 6.86. The smallest absolute Gasteiger partial charge is 0.410 e. The van der Waals surface area contributed by atoms with Gasteiger partial charge in [0.1, 0.15) is 12.6 Å². The topological polar surface area (TPSA) is 66.8 Å². The molecule has 0 aliphatic carbocycles. The van der Waals surface area contributed by atoms with Crippen LogP contribution in [0.5, 0.6) is 0 Å². The first kappa shape index (κ1) is 13.5. The number of nitrogens with zero attached hydrogens (tertiary/aromatic N) is 1. The maximum Gasteiger partial charge on any atom is 0.410 e. The van der Waals surface area contributed by atoms with Crippen LogP contribution in [0.2, 0.25) is 0 Å². The number of rotatable bonds is 6. The van der Waals surface area contributed by atoms with Crippen LogP contribution in [-0.4, -0.2) is 41.3 Å². The van der Waals surface area contributed by atoms with Gasteiger partial charge in [-0.15, -0.1) is 0 Å². The molecule has 1 unspecified atom stereocenters. The maximum atomic E-state index is 11.4. The molecule has 0 bridgehead atoms. The highest BCUT2D eigenvalue weighted by molar-refractivity contribution is 5.79. The second-order valence-electron chi connectivity index (χ2n) is 2.91. The number of likely N-dealkylation sites (N-methyl/N-ethyl adjacent to an activating group) is 1. The molecule has 0 spiro atoms. The Labute approximate surface area is 89.3 Å². The summed E-state index contributed by atoms with van der Waals surface area (Å²) >= 11 is 0. The predicted octanol–water partition coefficient (Wildman–Crippen LogP) is 1.49. The van der Waals surface area contributed by atoms with Gasteiger partial charge in [-0.05, 0) is 13.3 Å². The van der Waals surface area contributed by atoms with Crippen molar-refractivity contribution >= 4 is 12.1 Å². The first-order chi connectivity index (χ1) is 7.08. The molecule has 0 radical (unpaired) electrons. The standard InChI is InChI=1S/C10H17NO4/c1-4-7-15-10(14)11(6-3)8(5-2)9(12)13/h4,8H,1,5-7H2,2-3H3,(H,12,13). The first-order valence-corrected chi connectivity index (χ1v) is 4.85. The van der Waals surface area contributed by atoms with Gasteiger partial charge in [0.25, 0.3) is 0 Å². The van der Waals surface area contributed by atoms with Gasteiger partial charge in [-0.3, -0.25) is 4.90 Å². The van der Waals surface area contributed by atoms with Gasteiger partial charge in [0.15, 0.2) is 0 Å². The number of hydrogen-bond donors (Lipinski definition) is 1. The van der Waals surface area contributed by atoms with Crippen LogP contribution in [0.15, 0.2) is 12.7 Å². The Hall–Kier alpha value is -1.52. The number of amides is 1. The Balaban J connectivity index is 4.49. The summed E-state index contributed by atoms with van der Waals surface area (Å²) in [5.74, 6) is -1.02. The van der Waals surface area contributed by atoms with E-state index in [9.17, 15) is 9.59 Å². The Morgan fingerprint density at radius 1 is 1.53 bits per heavy atom. The summed E-state index contributed by atoms with van der Waals surface area (Å²) in [6.07, 6.45) is 1.17. The molecule has 0 saturated heterocycles. The van der Waals surface area contributed by atoms with Gasteiger partial charge < -0.3 is 9.84 Å². The van der Waals surface area contributed by atoms with Crippen molar-refractivity contribution in [1.29, 1.82) is 0 Å². The molecule has 0 aromatic heterocycles. The van der Waals surface area contributed by atoms with Crippen LogP contribution < -0.4 is 0 Å². The van der Waals surface area contributed by atoms with Crippen molar-refractivity contribution in [3.8, 4) is 0 Å². The third-order valence-electron chi connectivity index (χ3n) is 1.95. The summed E-state index contributed by atoms with van der Waals surface area (Å²) < 4.78 is 4.78. The van der Waals surface area contributed by atoms with E-state index in [1.165, 1.54) is 11.0 Å². The molecule has 86 valence electrons. The minimum atomic E-state index is -1.02. The van der Waals surface area contributed by atoms with Gasteiger partial charge in [0.2, 0.25) is 0 Å². The lowest BCUT2D eigenvalue weighted by Gasteiger charge is -2.25. The van der Waals surface area contributed by atoms with E-state index in [0.717, 1.165) is 0 Å². The van der Waals surface area contributed by atoms with Crippen LogP contribution in [0.1, 0.15) is 20.3 Å². The fourth-order valence-electron chi connectivity index (χ4n) is 1.22. The van der Waals surface area contributed by atoms with E-state index in [1.807, 2.05) is 0 Å². The van der Waals surface area contributed by atoms with E-state index in [1.54, 1.807) is 13.8 Å². The molecule has 15 heavy (non-hydrogen) atoms. The highest BCUT2D eigenvalue weighted by Crippen LogP contribution is 2.06. The SMILES string of the molecule is C=CCOC(=O)N(CC)C(CC)C(=O)O. The van der Waals surface area contributed by atoms with Crippen LogP contribution in [0.4, 0.5) is 4.79 Å². The van der Waals surface area contributed by atoms with Crippen molar-refractivity contribution < 1.29 is 19.4 Å². The Morgan fingerprint density at radius 3 is 2.47 bits per heavy atom. The quantitative estimate of drug-likeness (QED) is 0.682. The van der Waals surface area contributed by atoms with Gasteiger partial charge in [-0.1, -0.05) is 19.6 Å². The first-order valence-electron chi connectivity index (χ1n) is 4.85. The van der Waals surface area contributed by atoms with E-state index in [0.29, 0.717) is 13.0 Å². The molecule has 0 aromatic carbocycles. The average Bonchev–Trinajstić information content (AvgIpc) is 2.21. The van der Waals surface area contributed by atoms with Crippen LogP contribution >= 0.6 is 0 Å². The highest BCUT2D eigenvalue weighted by Gasteiger charge is 2.27. The molecule has 0 aliphatic heterocycles. The third-order valence-corrected chi connectivity index (χ3v) is 1.95. The van der Waals surface area contributed by atoms with Crippen molar-refractivity contribution in [2.75, 3.05) is 13.2 Å². The second-order valence-corrected chi connectivity index (χ2v) is 2.91. The van der Waals surface area contributed by atoms with E-state index in [2.05, 4.69) is 6.58 Å². The zero-order chi connectivity index (χ0) is 11.8. The lowest BCUT2D eigenvalue weighted by atomic mass is 10.2. The fraction of sp³-hybridized carbons (Fsp3) is 0.600. The highest BCUT2D eigenvalue weighted by atomic mass is 16.6. The molecular formula is C10H17NO4. The molecule has 0 aliphatic rings. The van der Waals surface area contributed by atoms with Crippen molar-refractivity contribution in [2.45, 2.75) is 26.3 Å². The van der Waals surface area contributed by atoms with E-state index >= 15 is 0 Å². The molecule has 5 heteroatoms. The van der Waals surface area contributed by atoms with E-state index in [-0.39, 0.29) is 6.61 Å². The summed E-state index contributed by atoms with van der Waals surface area (Å²) in [7, 11) is 0. The van der Waals surface area contributed by atoms with Crippen LogP contribution in [0, 0.1) is 0 Å². The van der Waals surface area contributed by atoms with Crippen LogP contribution in [0.25, 0.3) is 0 Å². The molecule has 0 aromatic rings. The van der Waals surface area contributed by atoms with E-state index < -0.39 is 18.1 Å². The largest absolute Gasteiger partial charge is 0.480 e. The molecule has 0 heterocycles. The van der Waals surface area contributed by atoms with Gasteiger partial charge >= 0.3 is 12.1 Å². The van der Waals surface area contributed by atoms with Gasteiger partial charge in [0.05, 0.1) is 0 Å². The number of hydrogen-bond acceptors (Lipinski definition) is 3. The predicted molar refractivity (Wildman–Crippen MR) is 55.6 cm³/mol. The Bertz CT molecular complexity index is 240. The zero-order valence-electron chi connectivity index (χ0n) is 9.10. The third kappa shape index (κ3) is 4.01. The molecule has 0 rings (SSSR count). The normalized spacial score (nSPS) is 11.6.